The highest BCUT2D eigenvalue weighted by molar-refractivity contribution is 6.42. The van der Waals surface area contributed by atoms with Gasteiger partial charge in [0.05, 0.1) is 10.0 Å². The maximum Gasteiger partial charge on any atom is 0.407 e. The van der Waals surface area contributed by atoms with Crippen molar-refractivity contribution in [3.8, 4) is 0 Å². The van der Waals surface area contributed by atoms with Crippen molar-refractivity contribution in [2.24, 2.45) is 5.92 Å². The van der Waals surface area contributed by atoms with E-state index in [1.165, 1.54) is 14.0 Å². The first-order valence-corrected chi connectivity index (χ1v) is 12.3. The van der Waals surface area contributed by atoms with Crippen LogP contribution in [0.25, 0.3) is 0 Å². The van der Waals surface area contributed by atoms with Gasteiger partial charge in [-0.3, -0.25) is 14.5 Å². The number of likely N-dealkylation sites (N-methyl/N-ethyl adjacent to an activating group) is 1. The van der Waals surface area contributed by atoms with Gasteiger partial charge in [0.2, 0.25) is 0 Å². The zero-order valence-corrected chi connectivity index (χ0v) is 21.1. The molecule has 1 amide bonds. The van der Waals surface area contributed by atoms with Gasteiger partial charge >= 0.3 is 6.09 Å². The predicted octanol–water partition coefficient (Wildman–Crippen LogP) is 4.11. The second-order valence-corrected chi connectivity index (χ2v) is 10.0. The molecule has 2 saturated heterocycles. The van der Waals surface area contributed by atoms with Gasteiger partial charge in [0.15, 0.2) is 11.6 Å². The fraction of sp³-hybridized carbons (Fsp3) is 0.440. The monoisotopic (exact) mass is 518 g/mol. The Morgan fingerprint density at radius 3 is 2.43 bits per heavy atom. The van der Waals surface area contributed by atoms with Gasteiger partial charge in [-0.25, -0.2) is 9.78 Å². The number of Topliss-reactive ketones (excluding diaryl/α,β-unsaturated/α-hetero) is 2. The van der Waals surface area contributed by atoms with Crippen LogP contribution >= 0.6 is 23.2 Å². The normalized spacial score (nSPS) is 22.7. The minimum atomic E-state index is -1.25. The summed E-state index contributed by atoms with van der Waals surface area (Å²) in [6.45, 7) is 3.41. The third-order valence-electron chi connectivity index (χ3n) is 7.32. The minimum Gasteiger partial charge on any atom is -0.465 e. The number of amides is 1. The van der Waals surface area contributed by atoms with E-state index in [1.807, 2.05) is 12.1 Å². The highest BCUT2D eigenvalue weighted by atomic mass is 35.5. The molecule has 2 aromatic rings. The molecule has 1 aromatic heterocycles. The SMILES string of the molecule is CC(=O)c1ccc(N2CCC(C(=O)[C@@]3(N(C)C(=O)O)CNC[C@H]3c3ccc(Cl)c(Cl)c3)CC2)nc1. The molecule has 0 unspecified atom stereocenters. The number of nitrogens with zero attached hydrogens (tertiary/aromatic N) is 3. The fourth-order valence-corrected chi connectivity index (χ4v) is 5.58. The molecule has 0 saturated carbocycles. The van der Waals surface area contributed by atoms with Gasteiger partial charge in [0.25, 0.3) is 0 Å². The van der Waals surface area contributed by atoms with E-state index in [1.54, 1.807) is 24.4 Å². The molecule has 0 radical (unpaired) electrons. The Bertz CT molecular complexity index is 1130. The highest BCUT2D eigenvalue weighted by Crippen LogP contribution is 2.42. The molecule has 0 aliphatic carbocycles. The molecule has 1 aromatic carbocycles. The van der Waals surface area contributed by atoms with Crippen LogP contribution < -0.4 is 10.2 Å². The van der Waals surface area contributed by atoms with Crippen LogP contribution in [0.5, 0.6) is 0 Å². The molecule has 0 spiro atoms. The zero-order valence-electron chi connectivity index (χ0n) is 19.6. The van der Waals surface area contributed by atoms with Crippen molar-refractivity contribution in [3.63, 3.8) is 0 Å². The van der Waals surface area contributed by atoms with E-state index in [4.69, 9.17) is 23.2 Å². The Morgan fingerprint density at radius 2 is 1.86 bits per heavy atom. The van der Waals surface area contributed by atoms with E-state index in [9.17, 15) is 19.5 Å². The average molecular weight is 519 g/mol. The molecule has 8 nitrogen and oxygen atoms in total. The number of ketones is 2. The Labute approximate surface area is 214 Å². The lowest BCUT2D eigenvalue weighted by molar-refractivity contribution is -0.134. The van der Waals surface area contributed by atoms with E-state index in [0.29, 0.717) is 48.1 Å². The van der Waals surface area contributed by atoms with Crippen LogP contribution in [-0.4, -0.2) is 71.4 Å². The van der Waals surface area contributed by atoms with E-state index in [-0.39, 0.29) is 24.0 Å². The highest BCUT2D eigenvalue weighted by Gasteiger charge is 2.56. The number of aromatic nitrogens is 1. The van der Waals surface area contributed by atoms with Crippen molar-refractivity contribution in [1.29, 1.82) is 0 Å². The molecular weight excluding hydrogens is 491 g/mol. The zero-order chi connectivity index (χ0) is 25.3. The summed E-state index contributed by atoms with van der Waals surface area (Å²) < 4.78 is 0. The van der Waals surface area contributed by atoms with Gasteiger partial charge in [-0.2, -0.15) is 0 Å². The third kappa shape index (κ3) is 4.75. The second kappa shape index (κ2) is 10.1. The van der Waals surface area contributed by atoms with Crippen molar-refractivity contribution < 1.29 is 19.5 Å². The number of benzene rings is 1. The van der Waals surface area contributed by atoms with Gasteiger partial charge < -0.3 is 15.3 Å². The molecule has 2 aliphatic rings. The molecular formula is C25H28Cl2N4O4. The van der Waals surface area contributed by atoms with Crippen LogP contribution in [0.1, 0.15) is 41.6 Å². The number of carbonyl (C=O) groups excluding carboxylic acids is 2. The number of hydrogen-bond donors (Lipinski definition) is 2. The quantitative estimate of drug-likeness (QED) is 0.554. The smallest absolute Gasteiger partial charge is 0.407 e. The Morgan fingerprint density at radius 1 is 1.14 bits per heavy atom. The van der Waals surface area contributed by atoms with Crippen molar-refractivity contribution in [3.05, 3.63) is 57.7 Å². The number of piperidine rings is 1. The first-order valence-electron chi connectivity index (χ1n) is 11.5. The molecule has 2 atom stereocenters. The molecule has 2 N–H and O–H groups in total. The molecule has 0 bridgehead atoms. The molecule has 10 heteroatoms. The molecule has 2 aliphatic heterocycles. The van der Waals surface area contributed by atoms with Gasteiger partial charge in [-0.1, -0.05) is 29.3 Å². The largest absolute Gasteiger partial charge is 0.465 e. The minimum absolute atomic E-state index is 0.0390. The number of pyridine rings is 1. The lowest BCUT2D eigenvalue weighted by atomic mass is 9.72. The number of carbonyl (C=O) groups is 3. The number of nitrogens with one attached hydrogen (secondary N) is 1. The third-order valence-corrected chi connectivity index (χ3v) is 8.06. The predicted molar refractivity (Wildman–Crippen MR) is 135 cm³/mol. The Kier molecular flexibility index (Phi) is 7.35. The average Bonchev–Trinajstić information content (AvgIpc) is 3.31. The maximum atomic E-state index is 14.1. The van der Waals surface area contributed by atoms with Crippen molar-refractivity contribution in [2.75, 3.05) is 38.1 Å². The van der Waals surface area contributed by atoms with Crippen molar-refractivity contribution >= 4 is 46.7 Å². The van der Waals surface area contributed by atoms with Crippen LogP contribution in [0.2, 0.25) is 10.0 Å². The van der Waals surface area contributed by atoms with Gasteiger partial charge in [0, 0.05) is 56.8 Å². The van der Waals surface area contributed by atoms with Gasteiger partial charge in [-0.05, 0) is 49.6 Å². The number of rotatable bonds is 6. The molecule has 4 rings (SSSR count). The maximum absolute atomic E-state index is 14.1. The molecule has 2 fully saturated rings. The van der Waals surface area contributed by atoms with Crippen LogP contribution in [0, 0.1) is 5.92 Å². The first kappa shape index (κ1) is 25.4. The van der Waals surface area contributed by atoms with Crippen LogP contribution in [-0.2, 0) is 4.79 Å². The van der Waals surface area contributed by atoms with Gasteiger partial charge in [-0.15, -0.1) is 0 Å². The first-order chi connectivity index (χ1) is 16.6. The Balaban J connectivity index is 1.57. The summed E-state index contributed by atoms with van der Waals surface area (Å²) in [4.78, 5) is 45.4. The summed E-state index contributed by atoms with van der Waals surface area (Å²) in [6, 6.07) is 8.78. The number of anilines is 1. The van der Waals surface area contributed by atoms with Crippen LogP contribution in [0.4, 0.5) is 10.6 Å². The topological polar surface area (TPSA) is 103 Å². The lowest BCUT2D eigenvalue weighted by Gasteiger charge is -2.43. The van der Waals surface area contributed by atoms with Crippen LogP contribution in [0.15, 0.2) is 36.5 Å². The summed E-state index contributed by atoms with van der Waals surface area (Å²) >= 11 is 12.4. The molecule has 35 heavy (non-hydrogen) atoms. The molecule has 3 heterocycles. The van der Waals surface area contributed by atoms with Crippen molar-refractivity contribution in [2.45, 2.75) is 31.2 Å². The summed E-state index contributed by atoms with van der Waals surface area (Å²) in [7, 11) is 1.47. The number of carboxylic acid groups (broad SMARTS) is 1. The summed E-state index contributed by atoms with van der Waals surface area (Å²) in [5, 5.41) is 14.0. The van der Waals surface area contributed by atoms with E-state index in [0.717, 1.165) is 16.3 Å². The van der Waals surface area contributed by atoms with Gasteiger partial charge in [0.1, 0.15) is 11.4 Å². The molecule has 186 valence electrons. The van der Waals surface area contributed by atoms with E-state index < -0.39 is 17.6 Å². The van der Waals surface area contributed by atoms with Crippen LogP contribution in [0.3, 0.4) is 0 Å². The fourth-order valence-electron chi connectivity index (χ4n) is 5.27. The summed E-state index contributed by atoms with van der Waals surface area (Å²) in [6.07, 6.45) is 1.58. The number of hydrogen-bond acceptors (Lipinski definition) is 6. The Hall–Kier alpha value is -2.68. The van der Waals surface area contributed by atoms with E-state index in [2.05, 4.69) is 15.2 Å². The van der Waals surface area contributed by atoms with Crippen molar-refractivity contribution in [1.82, 2.24) is 15.2 Å². The lowest BCUT2D eigenvalue weighted by Crippen LogP contribution is -2.61. The number of halogens is 2. The summed E-state index contributed by atoms with van der Waals surface area (Å²) in [5.41, 5.74) is 0.0783. The second-order valence-electron chi connectivity index (χ2n) is 9.21. The summed E-state index contributed by atoms with van der Waals surface area (Å²) in [5.74, 6) is -0.0557. The standard InChI is InChI=1S/C25H28Cl2N4O4/c1-15(32)18-4-6-22(29-12-18)31-9-7-16(8-10-31)23(33)25(30(2)24(34)35)14-28-13-19(25)17-3-5-20(26)21(27)11-17/h3-6,11-12,16,19,28H,7-10,13-14H2,1-2H3,(H,34,35)/t19-,25+/m0/s1. The van der Waals surface area contributed by atoms with E-state index >= 15 is 0 Å².